The maximum Gasteiger partial charge on any atom is 0.362 e. The maximum atomic E-state index is 12.7. The molecule has 0 amide bonds. The lowest BCUT2D eigenvalue weighted by molar-refractivity contribution is -0.887. The van der Waals surface area contributed by atoms with Gasteiger partial charge in [-0.2, -0.15) is 0 Å². The van der Waals surface area contributed by atoms with Crippen LogP contribution in [0.3, 0.4) is 0 Å². The molecule has 2 unspecified atom stereocenters. The summed E-state index contributed by atoms with van der Waals surface area (Å²) in [7, 11) is 5.49. The second-order valence-corrected chi connectivity index (χ2v) is 14.9. The molecule has 8 heteroatoms. The van der Waals surface area contributed by atoms with Crippen molar-refractivity contribution in [2.24, 2.45) is 0 Å². The van der Waals surface area contributed by atoms with E-state index in [2.05, 4.69) is 98.9 Å². The zero-order valence-electron chi connectivity index (χ0n) is 35.3. The van der Waals surface area contributed by atoms with Crippen molar-refractivity contribution in [1.82, 2.24) is 0 Å². The minimum atomic E-state index is -0.891. The summed E-state index contributed by atoms with van der Waals surface area (Å²) in [6.07, 6.45) is 47.8. The number of ether oxygens (including phenoxy) is 3. The minimum Gasteiger partial charge on any atom is -0.477 e. The summed E-state index contributed by atoms with van der Waals surface area (Å²) in [6.45, 7) is 4.48. The number of carboxylic acid groups (broad SMARTS) is 1. The second-order valence-electron chi connectivity index (χ2n) is 14.9. The summed E-state index contributed by atoms with van der Waals surface area (Å²) in [5.74, 6) is -1.58. The SMILES string of the molecule is CC/C=C/C/C=C/C/C=C/CCCCCCC(=O)OCC(COCCC(C(=O)O)[N+](C)(C)C)OC(=O)CCC/C=C/C/C=C/C/C=C/C/C=C/CCCCC. The van der Waals surface area contributed by atoms with Crippen LogP contribution in [0.2, 0.25) is 0 Å². The Morgan fingerprint density at radius 2 is 1.04 bits per heavy atom. The molecule has 2 atom stereocenters. The van der Waals surface area contributed by atoms with Gasteiger partial charge in [0.2, 0.25) is 0 Å². The summed E-state index contributed by atoms with van der Waals surface area (Å²) >= 11 is 0. The number of hydrogen-bond donors (Lipinski definition) is 1. The summed E-state index contributed by atoms with van der Waals surface area (Å²) in [6, 6.07) is -0.632. The topological polar surface area (TPSA) is 99.1 Å². The fraction of sp³-hybridized carbons (Fsp3) is 0.638. The van der Waals surface area contributed by atoms with Gasteiger partial charge in [-0.1, -0.05) is 125 Å². The average Bonchev–Trinajstić information content (AvgIpc) is 3.14. The van der Waals surface area contributed by atoms with Gasteiger partial charge in [0.25, 0.3) is 0 Å². The number of aliphatic carboxylic acids is 1. The number of nitrogens with zero attached hydrogens (tertiary/aromatic N) is 1. The van der Waals surface area contributed by atoms with Crippen LogP contribution in [0.5, 0.6) is 0 Å². The molecule has 0 aliphatic rings. The zero-order chi connectivity index (χ0) is 40.7. The second kappa shape index (κ2) is 37.4. The van der Waals surface area contributed by atoms with Gasteiger partial charge in [-0.3, -0.25) is 9.59 Å². The molecule has 312 valence electrons. The van der Waals surface area contributed by atoms with Crippen LogP contribution in [-0.4, -0.2) is 80.6 Å². The van der Waals surface area contributed by atoms with Crippen molar-refractivity contribution in [3.05, 3.63) is 85.1 Å². The summed E-state index contributed by atoms with van der Waals surface area (Å²) in [4.78, 5) is 36.9. The number of esters is 2. The van der Waals surface area contributed by atoms with Gasteiger partial charge in [-0.25, -0.2) is 4.79 Å². The highest BCUT2D eigenvalue weighted by Crippen LogP contribution is 2.11. The van der Waals surface area contributed by atoms with Gasteiger partial charge in [-0.15, -0.1) is 0 Å². The molecule has 0 rings (SSSR count). The zero-order valence-corrected chi connectivity index (χ0v) is 35.3. The first-order valence-electron chi connectivity index (χ1n) is 21.1. The highest BCUT2D eigenvalue weighted by atomic mass is 16.6. The molecule has 0 aliphatic heterocycles. The van der Waals surface area contributed by atoms with E-state index in [4.69, 9.17) is 14.2 Å². The van der Waals surface area contributed by atoms with Crippen LogP contribution in [0.4, 0.5) is 0 Å². The third kappa shape index (κ3) is 35.9. The molecule has 0 heterocycles. The number of carbonyl (C=O) groups is 3. The first-order valence-corrected chi connectivity index (χ1v) is 21.1. The van der Waals surface area contributed by atoms with Gasteiger partial charge in [0.05, 0.1) is 34.4 Å². The van der Waals surface area contributed by atoms with Gasteiger partial charge >= 0.3 is 17.9 Å². The van der Waals surface area contributed by atoms with E-state index in [1.807, 2.05) is 21.1 Å². The molecule has 0 aromatic heterocycles. The Balaban J connectivity index is 4.53. The number of carbonyl (C=O) groups excluding carboxylic acids is 2. The van der Waals surface area contributed by atoms with Crippen LogP contribution in [-0.2, 0) is 28.6 Å². The lowest BCUT2D eigenvalue weighted by Gasteiger charge is -2.31. The fourth-order valence-electron chi connectivity index (χ4n) is 5.51. The lowest BCUT2D eigenvalue weighted by atomic mass is 10.1. The average molecular weight is 769 g/mol. The Bertz CT molecular complexity index is 1170. The number of quaternary nitrogens is 1. The minimum absolute atomic E-state index is 0.0267. The van der Waals surface area contributed by atoms with Crippen LogP contribution in [0.15, 0.2) is 85.1 Å². The van der Waals surface area contributed by atoms with Crippen LogP contribution in [0.25, 0.3) is 0 Å². The molecule has 0 aromatic carbocycles. The standard InChI is InChI=1S/C47H77NO7/c1-6-8-10-12-14-16-18-20-22-23-24-26-28-30-32-34-36-38-46(50)55-43(41-53-40-39-44(47(51)52)48(3,4)5)42-54-45(49)37-35-33-31-29-27-25-21-19-17-15-13-11-9-7-2/h9,11,14-17,20-22,24-26,30,32,43-44H,6-8,10,12-13,18-19,23,27-29,31,33-42H2,1-5H3/p+1/b11-9+,16-14+,17-15+,22-20+,25-21+,26-24+,32-30+. The third-order valence-corrected chi connectivity index (χ3v) is 8.78. The molecular weight excluding hydrogens is 691 g/mol. The van der Waals surface area contributed by atoms with Crippen LogP contribution < -0.4 is 0 Å². The number of hydrogen-bond acceptors (Lipinski definition) is 6. The van der Waals surface area contributed by atoms with E-state index in [1.165, 1.54) is 25.7 Å². The highest BCUT2D eigenvalue weighted by molar-refractivity contribution is 5.72. The van der Waals surface area contributed by atoms with E-state index < -0.39 is 18.1 Å². The first-order chi connectivity index (χ1) is 26.6. The number of allylic oxidation sites excluding steroid dienone is 14. The summed E-state index contributed by atoms with van der Waals surface area (Å²) in [5.41, 5.74) is 0. The molecule has 0 fully saturated rings. The van der Waals surface area contributed by atoms with Gasteiger partial charge in [0.1, 0.15) is 6.61 Å². The maximum absolute atomic E-state index is 12.7. The Morgan fingerprint density at radius 3 is 1.55 bits per heavy atom. The monoisotopic (exact) mass is 769 g/mol. The molecular formula is C47H78NO7+. The van der Waals surface area contributed by atoms with Crippen molar-refractivity contribution in [1.29, 1.82) is 0 Å². The van der Waals surface area contributed by atoms with Crippen molar-refractivity contribution in [3.63, 3.8) is 0 Å². The molecule has 8 nitrogen and oxygen atoms in total. The number of likely N-dealkylation sites (N-methyl/N-ethyl adjacent to an activating group) is 1. The third-order valence-electron chi connectivity index (χ3n) is 8.78. The Morgan fingerprint density at radius 1 is 0.564 bits per heavy atom. The Labute approximate surface area is 335 Å². The van der Waals surface area contributed by atoms with E-state index in [0.29, 0.717) is 19.3 Å². The predicted molar refractivity (Wildman–Crippen MR) is 229 cm³/mol. The molecule has 0 saturated heterocycles. The Kier molecular flexibility index (Phi) is 35.1. The van der Waals surface area contributed by atoms with Crippen molar-refractivity contribution in [3.8, 4) is 0 Å². The number of unbranched alkanes of at least 4 members (excludes halogenated alkanes) is 8. The largest absolute Gasteiger partial charge is 0.477 e. The van der Waals surface area contributed by atoms with Crippen molar-refractivity contribution < 1.29 is 38.2 Å². The normalized spacial score (nSPS) is 13.8. The van der Waals surface area contributed by atoms with Gasteiger partial charge < -0.3 is 23.8 Å². The van der Waals surface area contributed by atoms with Crippen molar-refractivity contribution in [2.45, 2.75) is 154 Å². The molecule has 0 saturated carbocycles. The van der Waals surface area contributed by atoms with E-state index in [1.54, 1.807) is 0 Å². The predicted octanol–water partition coefficient (Wildman–Crippen LogP) is 11.4. The molecule has 1 N–H and O–H groups in total. The molecule has 0 aliphatic carbocycles. The highest BCUT2D eigenvalue weighted by Gasteiger charge is 2.31. The van der Waals surface area contributed by atoms with Crippen LogP contribution >= 0.6 is 0 Å². The van der Waals surface area contributed by atoms with Crippen LogP contribution in [0, 0.1) is 0 Å². The van der Waals surface area contributed by atoms with Gasteiger partial charge in [0, 0.05) is 19.3 Å². The number of rotatable bonds is 36. The van der Waals surface area contributed by atoms with E-state index >= 15 is 0 Å². The molecule has 0 radical (unpaired) electrons. The summed E-state index contributed by atoms with van der Waals surface area (Å²) < 4.78 is 17.2. The van der Waals surface area contributed by atoms with Crippen molar-refractivity contribution >= 4 is 17.9 Å². The first kappa shape index (κ1) is 51.5. The molecule has 55 heavy (non-hydrogen) atoms. The lowest BCUT2D eigenvalue weighted by Crippen LogP contribution is -2.50. The fourth-order valence-corrected chi connectivity index (χ4v) is 5.51. The van der Waals surface area contributed by atoms with E-state index in [0.717, 1.165) is 77.0 Å². The van der Waals surface area contributed by atoms with E-state index in [-0.39, 0.29) is 42.7 Å². The van der Waals surface area contributed by atoms with E-state index in [9.17, 15) is 19.5 Å². The molecule has 0 spiro atoms. The van der Waals surface area contributed by atoms with Gasteiger partial charge in [0.15, 0.2) is 12.1 Å². The summed E-state index contributed by atoms with van der Waals surface area (Å²) in [5, 5.41) is 9.61. The molecule has 0 bridgehead atoms. The van der Waals surface area contributed by atoms with Crippen molar-refractivity contribution in [2.75, 3.05) is 41.0 Å². The van der Waals surface area contributed by atoms with Gasteiger partial charge in [-0.05, 0) is 83.5 Å². The number of carboxylic acids is 1. The quantitative estimate of drug-likeness (QED) is 0.0293. The molecule has 0 aromatic rings. The Hall–Kier alpha value is -3.49. The smallest absolute Gasteiger partial charge is 0.362 e. The van der Waals surface area contributed by atoms with Crippen LogP contribution in [0.1, 0.15) is 142 Å².